The molecular weight excluding hydrogens is 581 g/mol. The fraction of sp³-hybridized carbons (Fsp3) is 0.500. The molecule has 0 fully saturated rings. The van der Waals surface area contributed by atoms with E-state index in [1.165, 1.54) is 22.3 Å². The number of pyridine rings is 1. The average molecular weight is 640 g/mol. The van der Waals surface area contributed by atoms with Crippen molar-refractivity contribution in [2.45, 2.75) is 121 Å². The Morgan fingerprint density at radius 2 is 1.02 bits per heavy atom. The molecule has 1 radical (unpaired) electrons. The minimum Gasteiger partial charge on any atom is -0.660 e. The Balaban J connectivity index is 0.00000123. The van der Waals surface area contributed by atoms with Gasteiger partial charge in [-0.15, -0.1) is 5.69 Å². The van der Waals surface area contributed by atoms with E-state index in [0.29, 0.717) is 23.7 Å². The van der Waals surface area contributed by atoms with Gasteiger partial charge in [-0.1, -0.05) is 157 Å². The molecule has 2 aromatic carbocycles. The van der Waals surface area contributed by atoms with E-state index < -0.39 is 0 Å². The molecule has 0 atom stereocenters. The van der Waals surface area contributed by atoms with Gasteiger partial charge >= 0.3 is 0 Å². The van der Waals surface area contributed by atoms with Crippen LogP contribution in [0.25, 0.3) is 5.32 Å². The van der Waals surface area contributed by atoms with Crippen LogP contribution in [0, 0.1) is 10.8 Å². The summed E-state index contributed by atoms with van der Waals surface area (Å²) in [5, 5.41) is 5.46. The number of allylic oxidation sites excluding steroid dienone is 2. The van der Waals surface area contributed by atoms with E-state index >= 15 is 0 Å². The molecule has 1 heterocycles. The molecule has 243 valence electrons. The first-order valence-electron chi connectivity index (χ1n) is 16.1. The Morgan fingerprint density at radius 3 is 1.32 bits per heavy atom. The molecule has 0 aliphatic heterocycles. The van der Waals surface area contributed by atoms with Gasteiger partial charge in [0.2, 0.25) is 0 Å². The van der Waals surface area contributed by atoms with Crippen molar-refractivity contribution in [3.05, 3.63) is 106 Å². The van der Waals surface area contributed by atoms with Gasteiger partial charge in [-0.3, -0.25) is 9.98 Å². The molecule has 0 saturated carbocycles. The molecule has 3 rings (SSSR count). The standard InChI is InChI=1S/C35H53N2.C5H5N.Co/c1-22(2)26-17-15-18-27(23(3)4)32(26)36-30(34(9,10)11)21-31(35(12,13)14)37-33-28(24(5)6)19-16-20-29(33)25(7)8;1-2-4-6-5-3-1;/h15-25H,1-14H3;1-5H;/q-1;;/b30-21-,37-31?;;. The maximum absolute atomic E-state index is 5.46. The zero-order valence-corrected chi connectivity index (χ0v) is 31.0. The number of para-hydroxylation sites is 2. The first-order chi connectivity index (χ1) is 19.9. The molecule has 0 bridgehead atoms. The van der Waals surface area contributed by atoms with Crippen LogP contribution in [0.1, 0.15) is 143 Å². The molecule has 44 heavy (non-hydrogen) atoms. The monoisotopic (exact) mass is 639 g/mol. The molecule has 0 amide bonds. The Hall–Kier alpha value is -2.69. The van der Waals surface area contributed by atoms with Gasteiger partial charge in [0, 0.05) is 40.3 Å². The Morgan fingerprint density at radius 1 is 0.614 bits per heavy atom. The van der Waals surface area contributed by atoms with Gasteiger partial charge < -0.3 is 5.32 Å². The van der Waals surface area contributed by atoms with Crippen LogP contribution in [0.4, 0.5) is 11.4 Å². The predicted octanol–water partition coefficient (Wildman–Crippen LogP) is 13.0. The van der Waals surface area contributed by atoms with Crippen molar-refractivity contribution in [1.82, 2.24) is 4.98 Å². The summed E-state index contributed by atoms with van der Waals surface area (Å²) in [5.74, 6) is 1.61. The Bertz CT molecular complexity index is 1270. The second kappa shape index (κ2) is 17.1. The third-order valence-electron chi connectivity index (χ3n) is 7.53. The van der Waals surface area contributed by atoms with E-state index in [1.807, 2.05) is 18.2 Å². The normalized spacial score (nSPS) is 12.8. The molecule has 0 unspecified atom stereocenters. The van der Waals surface area contributed by atoms with Crippen molar-refractivity contribution < 1.29 is 16.8 Å². The fourth-order valence-corrected chi connectivity index (χ4v) is 4.80. The molecule has 3 nitrogen and oxygen atoms in total. The van der Waals surface area contributed by atoms with Crippen LogP contribution < -0.4 is 0 Å². The molecule has 4 heteroatoms. The van der Waals surface area contributed by atoms with Gasteiger partial charge in [0.25, 0.3) is 0 Å². The van der Waals surface area contributed by atoms with Crippen molar-refractivity contribution >= 4 is 17.1 Å². The topological polar surface area (TPSA) is 39.4 Å². The van der Waals surface area contributed by atoms with Crippen molar-refractivity contribution in [2.75, 3.05) is 0 Å². The largest absolute Gasteiger partial charge is 0.660 e. The van der Waals surface area contributed by atoms with E-state index in [9.17, 15) is 0 Å². The van der Waals surface area contributed by atoms with Gasteiger partial charge in [0.15, 0.2) is 0 Å². The summed E-state index contributed by atoms with van der Waals surface area (Å²) in [5.41, 5.74) is 9.37. The molecule has 0 aliphatic carbocycles. The van der Waals surface area contributed by atoms with E-state index in [-0.39, 0.29) is 27.6 Å². The van der Waals surface area contributed by atoms with Crippen molar-refractivity contribution in [2.24, 2.45) is 15.8 Å². The van der Waals surface area contributed by atoms with Gasteiger partial charge in [-0.25, -0.2) is 0 Å². The van der Waals surface area contributed by atoms with Gasteiger partial charge in [0.05, 0.1) is 5.69 Å². The summed E-state index contributed by atoms with van der Waals surface area (Å²) in [7, 11) is 0. The van der Waals surface area contributed by atoms with Crippen LogP contribution in [-0.2, 0) is 16.8 Å². The van der Waals surface area contributed by atoms with E-state index in [2.05, 4.69) is 144 Å². The zero-order valence-electron chi connectivity index (χ0n) is 29.9. The maximum atomic E-state index is 5.46. The van der Waals surface area contributed by atoms with Crippen molar-refractivity contribution in [3.8, 4) is 0 Å². The molecule has 1 aromatic heterocycles. The van der Waals surface area contributed by atoms with E-state index in [0.717, 1.165) is 22.8 Å². The zero-order chi connectivity index (χ0) is 32.5. The molecule has 0 saturated heterocycles. The van der Waals surface area contributed by atoms with Crippen LogP contribution >= 0.6 is 0 Å². The SMILES string of the molecule is CC(C)c1cccc(C(C)C)c1N=C(/C=C(\[N-]c1c(C(C)C)cccc1C(C)C)C(C)(C)C)C(C)(C)C.[Co].c1ccncc1. The van der Waals surface area contributed by atoms with E-state index in [4.69, 9.17) is 10.3 Å². The minimum absolute atomic E-state index is 0. The smallest absolute Gasteiger partial charge is 0.0702 e. The van der Waals surface area contributed by atoms with E-state index in [1.54, 1.807) is 12.4 Å². The number of rotatable bonds is 8. The fourth-order valence-electron chi connectivity index (χ4n) is 4.80. The third kappa shape index (κ3) is 11.3. The molecular formula is C40H58CoN3-. The third-order valence-corrected chi connectivity index (χ3v) is 7.53. The van der Waals surface area contributed by atoms with Crippen LogP contribution in [0.15, 0.2) is 83.8 Å². The number of hydrogen-bond donors (Lipinski definition) is 0. The summed E-state index contributed by atoms with van der Waals surface area (Å²) in [6.07, 6.45) is 5.78. The van der Waals surface area contributed by atoms with Crippen LogP contribution in [-0.4, -0.2) is 10.7 Å². The number of hydrogen-bond acceptors (Lipinski definition) is 2. The predicted molar refractivity (Wildman–Crippen MR) is 191 cm³/mol. The van der Waals surface area contributed by atoms with Crippen molar-refractivity contribution in [1.29, 1.82) is 0 Å². The summed E-state index contributed by atoms with van der Waals surface area (Å²) < 4.78 is 0. The maximum Gasteiger partial charge on any atom is 0.0702 e. The summed E-state index contributed by atoms with van der Waals surface area (Å²) in [6.45, 7) is 31.7. The van der Waals surface area contributed by atoms with Crippen LogP contribution in [0.2, 0.25) is 0 Å². The van der Waals surface area contributed by atoms with Gasteiger partial charge in [-0.05, 0) is 52.3 Å². The first kappa shape index (κ1) is 39.3. The van der Waals surface area contributed by atoms with Crippen LogP contribution in [0.3, 0.4) is 0 Å². The average Bonchev–Trinajstić information content (AvgIpc) is 2.91. The second-order valence-electron chi connectivity index (χ2n) is 14.9. The minimum atomic E-state index is -0.136. The quantitative estimate of drug-likeness (QED) is 0.226. The Kier molecular flexibility index (Phi) is 15.3. The number of aliphatic imine (C=N–C) groups is 1. The summed E-state index contributed by atoms with van der Waals surface area (Å²) in [6, 6.07) is 19.0. The molecule has 0 aliphatic rings. The van der Waals surface area contributed by atoms with Crippen molar-refractivity contribution in [3.63, 3.8) is 0 Å². The first-order valence-corrected chi connectivity index (χ1v) is 16.1. The van der Waals surface area contributed by atoms with Gasteiger partial charge in [0.1, 0.15) is 0 Å². The van der Waals surface area contributed by atoms with Gasteiger partial charge in [-0.2, -0.15) is 5.70 Å². The van der Waals surface area contributed by atoms with Crippen LogP contribution in [0.5, 0.6) is 0 Å². The number of aromatic nitrogens is 1. The molecule has 0 spiro atoms. The summed E-state index contributed by atoms with van der Waals surface area (Å²) in [4.78, 5) is 9.25. The summed E-state index contributed by atoms with van der Waals surface area (Å²) >= 11 is 0. The number of nitrogens with zero attached hydrogens (tertiary/aromatic N) is 3. The second-order valence-corrected chi connectivity index (χ2v) is 14.9. The number of benzene rings is 2. The Labute approximate surface area is 280 Å². The molecule has 0 N–H and O–H groups in total. The molecule has 3 aromatic rings.